The van der Waals surface area contributed by atoms with E-state index in [4.69, 9.17) is 0 Å². The molecule has 0 aliphatic rings. The molecular formula is C13H17N5O2. The molecule has 0 saturated carbocycles. The van der Waals surface area contributed by atoms with E-state index >= 15 is 0 Å². The first-order valence-electron chi connectivity index (χ1n) is 6.40. The molecule has 2 N–H and O–H groups in total. The van der Waals surface area contributed by atoms with Crippen molar-refractivity contribution in [3.63, 3.8) is 0 Å². The van der Waals surface area contributed by atoms with E-state index in [2.05, 4.69) is 20.9 Å². The number of carbonyl (C=O) groups is 2. The Kier molecular flexibility index (Phi) is 4.29. The van der Waals surface area contributed by atoms with Crippen molar-refractivity contribution < 1.29 is 9.59 Å². The van der Waals surface area contributed by atoms with Crippen LogP contribution in [0.3, 0.4) is 0 Å². The molecule has 0 bridgehead atoms. The minimum absolute atomic E-state index is 0.0372. The topological polar surface area (TPSA) is 88.9 Å². The number of para-hydroxylation sites is 1. The van der Waals surface area contributed by atoms with Crippen LogP contribution in [-0.4, -0.2) is 39.4 Å². The second-order valence-electron chi connectivity index (χ2n) is 4.73. The van der Waals surface area contributed by atoms with Gasteiger partial charge in [-0.3, -0.25) is 9.59 Å². The minimum Gasteiger partial charge on any atom is -0.352 e. The molecule has 1 heterocycles. The third-order valence-corrected chi connectivity index (χ3v) is 2.61. The Bertz CT molecular complexity index is 620. The fourth-order valence-corrected chi connectivity index (χ4v) is 1.78. The van der Waals surface area contributed by atoms with Gasteiger partial charge in [-0.05, 0) is 26.0 Å². The molecule has 1 aromatic heterocycles. The Balaban J connectivity index is 1.90. The van der Waals surface area contributed by atoms with Crippen molar-refractivity contribution in [3.8, 4) is 0 Å². The average molecular weight is 275 g/mol. The summed E-state index contributed by atoms with van der Waals surface area (Å²) in [5.74, 6) is -0.489. The van der Waals surface area contributed by atoms with E-state index in [-0.39, 0.29) is 30.9 Å². The van der Waals surface area contributed by atoms with Crippen LogP contribution < -0.4 is 10.6 Å². The Morgan fingerprint density at radius 2 is 2.00 bits per heavy atom. The molecular weight excluding hydrogens is 258 g/mol. The summed E-state index contributed by atoms with van der Waals surface area (Å²) >= 11 is 0. The van der Waals surface area contributed by atoms with Crippen molar-refractivity contribution >= 4 is 22.8 Å². The summed E-state index contributed by atoms with van der Waals surface area (Å²) in [5.41, 5.74) is 1.52. The number of carbonyl (C=O) groups excluding carboxylic acids is 2. The van der Waals surface area contributed by atoms with Gasteiger partial charge in [-0.25, -0.2) is 4.68 Å². The zero-order valence-electron chi connectivity index (χ0n) is 11.5. The molecule has 0 aliphatic heterocycles. The van der Waals surface area contributed by atoms with Crippen LogP contribution in [0.4, 0.5) is 0 Å². The number of hydrogen-bond donors (Lipinski definition) is 2. The number of amides is 2. The molecule has 2 aromatic rings. The summed E-state index contributed by atoms with van der Waals surface area (Å²) in [5, 5.41) is 13.1. The number of fused-ring (bicyclic) bond motifs is 1. The normalized spacial score (nSPS) is 10.8. The van der Waals surface area contributed by atoms with Gasteiger partial charge in [0.2, 0.25) is 11.8 Å². The molecule has 106 valence electrons. The zero-order chi connectivity index (χ0) is 14.5. The van der Waals surface area contributed by atoms with Gasteiger partial charge in [-0.15, -0.1) is 5.10 Å². The molecule has 7 nitrogen and oxygen atoms in total. The summed E-state index contributed by atoms with van der Waals surface area (Å²) in [6, 6.07) is 7.44. The number of nitrogens with zero attached hydrogens (tertiary/aromatic N) is 3. The van der Waals surface area contributed by atoms with Crippen LogP contribution in [0.15, 0.2) is 24.3 Å². The fraction of sp³-hybridized carbons (Fsp3) is 0.385. The Morgan fingerprint density at radius 1 is 1.25 bits per heavy atom. The van der Waals surface area contributed by atoms with Crippen molar-refractivity contribution in [2.45, 2.75) is 26.4 Å². The maximum Gasteiger partial charge on any atom is 0.242 e. The highest BCUT2D eigenvalue weighted by atomic mass is 16.2. The molecule has 0 spiro atoms. The first kappa shape index (κ1) is 14.0. The smallest absolute Gasteiger partial charge is 0.242 e. The summed E-state index contributed by atoms with van der Waals surface area (Å²) < 4.78 is 1.50. The molecule has 7 heteroatoms. The van der Waals surface area contributed by atoms with Gasteiger partial charge in [-0.1, -0.05) is 17.3 Å². The van der Waals surface area contributed by atoms with E-state index in [0.717, 1.165) is 11.0 Å². The predicted octanol–water partition coefficient (Wildman–Crippen LogP) is 0.0721. The van der Waals surface area contributed by atoms with Gasteiger partial charge >= 0.3 is 0 Å². The maximum absolute atomic E-state index is 11.8. The first-order chi connectivity index (χ1) is 9.56. The van der Waals surface area contributed by atoms with Gasteiger partial charge in [0.25, 0.3) is 0 Å². The maximum atomic E-state index is 11.8. The van der Waals surface area contributed by atoms with Crippen molar-refractivity contribution in [2.24, 2.45) is 0 Å². The van der Waals surface area contributed by atoms with Gasteiger partial charge in [0.1, 0.15) is 12.1 Å². The highest BCUT2D eigenvalue weighted by molar-refractivity contribution is 5.85. The first-order valence-corrected chi connectivity index (χ1v) is 6.40. The molecule has 2 rings (SSSR count). The minimum atomic E-state index is -0.278. The van der Waals surface area contributed by atoms with Gasteiger partial charge in [-0.2, -0.15) is 0 Å². The Morgan fingerprint density at radius 3 is 2.75 bits per heavy atom. The number of hydrogen-bond acceptors (Lipinski definition) is 4. The monoisotopic (exact) mass is 275 g/mol. The van der Waals surface area contributed by atoms with E-state index in [1.54, 1.807) is 0 Å². The number of aromatic nitrogens is 3. The summed E-state index contributed by atoms with van der Waals surface area (Å²) in [6.45, 7) is 3.72. The van der Waals surface area contributed by atoms with Crippen molar-refractivity contribution in [1.82, 2.24) is 25.6 Å². The van der Waals surface area contributed by atoms with Crippen LogP contribution in [0.25, 0.3) is 11.0 Å². The van der Waals surface area contributed by atoms with Gasteiger partial charge < -0.3 is 10.6 Å². The van der Waals surface area contributed by atoms with Crippen LogP contribution in [0, 0.1) is 0 Å². The second kappa shape index (κ2) is 6.14. The van der Waals surface area contributed by atoms with Crippen molar-refractivity contribution in [1.29, 1.82) is 0 Å². The predicted molar refractivity (Wildman–Crippen MR) is 73.8 cm³/mol. The van der Waals surface area contributed by atoms with Crippen LogP contribution in [0.5, 0.6) is 0 Å². The average Bonchev–Trinajstić information content (AvgIpc) is 2.79. The van der Waals surface area contributed by atoms with Gasteiger partial charge in [0.05, 0.1) is 12.1 Å². The molecule has 0 unspecified atom stereocenters. The Hall–Kier alpha value is -2.44. The SMILES string of the molecule is CC(C)NC(=O)CNC(=O)Cn1nnc2ccccc21. The highest BCUT2D eigenvalue weighted by Gasteiger charge is 2.10. The van der Waals surface area contributed by atoms with Gasteiger partial charge in [0, 0.05) is 6.04 Å². The number of benzene rings is 1. The quantitative estimate of drug-likeness (QED) is 0.808. The van der Waals surface area contributed by atoms with E-state index in [0.29, 0.717) is 0 Å². The molecule has 1 aromatic carbocycles. The van der Waals surface area contributed by atoms with Gasteiger partial charge in [0.15, 0.2) is 0 Å². The van der Waals surface area contributed by atoms with Crippen molar-refractivity contribution in [3.05, 3.63) is 24.3 Å². The summed E-state index contributed by atoms with van der Waals surface area (Å²) in [7, 11) is 0. The lowest BCUT2D eigenvalue weighted by Gasteiger charge is -2.09. The standard InChI is InChI=1S/C13H17N5O2/c1-9(2)15-12(19)7-14-13(20)8-18-11-6-4-3-5-10(11)16-17-18/h3-6,9H,7-8H2,1-2H3,(H,14,20)(H,15,19). The largest absolute Gasteiger partial charge is 0.352 e. The fourth-order valence-electron chi connectivity index (χ4n) is 1.78. The van der Waals surface area contributed by atoms with E-state index < -0.39 is 0 Å². The van der Waals surface area contributed by atoms with Crippen molar-refractivity contribution in [2.75, 3.05) is 6.54 Å². The van der Waals surface area contributed by atoms with E-state index in [9.17, 15) is 9.59 Å². The molecule has 0 fully saturated rings. The molecule has 0 saturated heterocycles. The van der Waals surface area contributed by atoms with E-state index in [1.165, 1.54) is 4.68 Å². The molecule has 20 heavy (non-hydrogen) atoms. The lowest BCUT2D eigenvalue weighted by Crippen LogP contribution is -2.40. The highest BCUT2D eigenvalue weighted by Crippen LogP contribution is 2.08. The third kappa shape index (κ3) is 3.53. The molecule has 0 atom stereocenters. The lowest BCUT2D eigenvalue weighted by atomic mass is 10.3. The molecule has 2 amide bonds. The van der Waals surface area contributed by atoms with Crippen LogP contribution in [-0.2, 0) is 16.1 Å². The molecule has 0 radical (unpaired) electrons. The summed E-state index contributed by atoms with van der Waals surface area (Å²) in [6.07, 6.45) is 0. The zero-order valence-corrected chi connectivity index (χ0v) is 11.5. The second-order valence-corrected chi connectivity index (χ2v) is 4.73. The number of nitrogens with one attached hydrogen (secondary N) is 2. The van der Waals surface area contributed by atoms with Crippen LogP contribution >= 0.6 is 0 Å². The molecule has 0 aliphatic carbocycles. The third-order valence-electron chi connectivity index (χ3n) is 2.61. The van der Waals surface area contributed by atoms with Crippen LogP contribution in [0.2, 0.25) is 0 Å². The Labute approximate surface area is 116 Å². The van der Waals surface area contributed by atoms with E-state index in [1.807, 2.05) is 38.1 Å². The summed E-state index contributed by atoms with van der Waals surface area (Å²) in [4.78, 5) is 23.2. The lowest BCUT2D eigenvalue weighted by molar-refractivity contribution is -0.126. The van der Waals surface area contributed by atoms with Crippen LogP contribution in [0.1, 0.15) is 13.8 Å². The number of rotatable bonds is 5.